The lowest BCUT2D eigenvalue weighted by atomic mass is 9.91. The molecule has 0 radical (unpaired) electrons. The molecule has 1 N–H and O–H groups in total. The summed E-state index contributed by atoms with van der Waals surface area (Å²) in [5.41, 5.74) is 0. The van der Waals surface area contributed by atoms with E-state index in [9.17, 15) is 9.90 Å². The van der Waals surface area contributed by atoms with Crippen molar-refractivity contribution in [2.45, 2.75) is 64.3 Å². The highest BCUT2D eigenvalue weighted by Crippen LogP contribution is 2.31. The molecule has 1 fully saturated rings. The van der Waals surface area contributed by atoms with E-state index in [0.29, 0.717) is 19.4 Å². The second-order valence-electron chi connectivity index (χ2n) is 4.67. The van der Waals surface area contributed by atoms with Gasteiger partial charge >= 0.3 is 6.16 Å². The number of unbranched alkanes of at least 4 members (excludes halogenated alkanes) is 1. The van der Waals surface area contributed by atoms with Crippen molar-refractivity contribution in [1.82, 2.24) is 0 Å². The quantitative estimate of drug-likeness (QED) is 0.452. The van der Waals surface area contributed by atoms with Crippen LogP contribution in [0, 0.1) is 0 Å². The first-order valence-corrected chi connectivity index (χ1v) is 6.79. The zero-order chi connectivity index (χ0) is 13.4. The summed E-state index contributed by atoms with van der Waals surface area (Å²) in [6.07, 6.45) is 3.70. The number of carbonyl (C=O) groups excluding carboxylic acids is 1. The topological polar surface area (TPSA) is 65.0 Å². The first-order valence-electron chi connectivity index (χ1n) is 6.79. The number of carbonyl (C=O) groups is 1. The van der Waals surface area contributed by atoms with E-state index < -0.39 is 11.9 Å². The number of rotatable bonds is 6. The Bertz CT molecular complexity index is 256. The van der Waals surface area contributed by atoms with Gasteiger partial charge in [0.25, 0.3) is 0 Å². The van der Waals surface area contributed by atoms with Crippen LogP contribution >= 0.6 is 0 Å². The molecule has 0 aromatic rings. The van der Waals surface area contributed by atoms with Crippen LogP contribution in [0.4, 0.5) is 4.79 Å². The maximum atomic E-state index is 11.2. The van der Waals surface area contributed by atoms with Crippen molar-refractivity contribution in [3.8, 4) is 0 Å². The van der Waals surface area contributed by atoms with Crippen LogP contribution in [0.1, 0.15) is 52.4 Å². The largest absolute Gasteiger partial charge is 0.510 e. The van der Waals surface area contributed by atoms with Crippen LogP contribution in [-0.2, 0) is 14.2 Å². The molecule has 1 rings (SSSR count). The fraction of sp³-hybridized carbons (Fsp3) is 0.923. The second-order valence-corrected chi connectivity index (χ2v) is 4.67. The van der Waals surface area contributed by atoms with Crippen LogP contribution in [0.2, 0.25) is 0 Å². The Morgan fingerprint density at radius 3 is 2.89 bits per heavy atom. The van der Waals surface area contributed by atoms with Crippen LogP contribution in [-0.4, -0.2) is 36.4 Å². The minimum atomic E-state index is -1.43. The molecule has 2 unspecified atom stereocenters. The van der Waals surface area contributed by atoms with Gasteiger partial charge in [-0.25, -0.2) is 4.79 Å². The van der Waals surface area contributed by atoms with Crippen molar-refractivity contribution in [1.29, 1.82) is 0 Å². The lowest BCUT2D eigenvalue weighted by Gasteiger charge is -2.35. The Morgan fingerprint density at radius 1 is 1.44 bits per heavy atom. The van der Waals surface area contributed by atoms with E-state index in [2.05, 4.69) is 11.7 Å². The molecule has 0 bridgehead atoms. The van der Waals surface area contributed by atoms with Crippen molar-refractivity contribution >= 4 is 6.16 Å². The van der Waals surface area contributed by atoms with Gasteiger partial charge in [0.15, 0.2) is 0 Å². The molecular weight excluding hydrogens is 236 g/mol. The predicted octanol–water partition coefficient (Wildman–Crippen LogP) is 2.61. The molecule has 0 heterocycles. The van der Waals surface area contributed by atoms with Gasteiger partial charge in [-0.05, 0) is 26.2 Å². The second kappa shape index (κ2) is 7.59. The van der Waals surface area contributed by atoms with Gasteiger partial charge in [-0.15, -0.1) is 0 Å². The average molecular weight is 260 g/mol. The van der Waals surface area contributed by atoms with Gasteiger partial charge in [0.1, 0.15) is 0 Å². The fourth-order valence-corrected chi connectivity index (χ4v) is 2.10. The van der Waals surface area contributed by atoms with Gasteiger partial charge in [-0.3, -0.25) is 0 Å². The molecule has 0 saturated heterocycles. The number of ether oxygens (including phenoxy) is 3. The third-order valence-electron chi connectivity index (χ3n) is 3.03. The Balaban J connectivity index is 2.38. The normalized spacial score (nSPS) is 27.8. The van der Waals surface area contributed by atoms with E-state index in [-0.39, 0.29) is 12.7 Å². The molecule has 5 heteroatoms. The molecule has 2 atom stereocenters. The molecular formula is C13H24O5. The highest BCUT2D eigenvalue weighted by atomic mass is 16.8. The monoisotopic (exact) mass is 260 g/mol. The van der Waals surface area contributed by atoms with Crippen molar-refractivity contribution < 1.29 is 24.1 Å². The predicted molar refractivity (Wildman–Crippen MR) is 66.2 cm³/mol. The Hall–Kier alpha value is -0.810. The lowest BCUT2D eigenvalue weighted by molar-refractivity contribution is -0.215. The molecule has 0 spiro atoms. The summed E-state index contributed by atoms with van der Waals surface area (Å²) in [6.45, 7) is 4.73. The smallest absolute Gasteiger partial charge is 0.435 e. The molecule has 5 nitrogen and oxygen atoms in total. The van der Waals surface area contributed by atoms with Gasteiger partial charge < -0.3 is 19.3 Å². The van der Waals surface area contributed by atoms with E-state index in [4.69, 9.17) is 9.47 Å². The average Bonchev–Trinajstić information content (AvgIpc) is 2.29. The minimum Gasteiger partial charge on any atom is -0.435 e. The van der Waals surface area contributed by atoms with E-state index in [1.807, 2.05) is 0 Å². The maximum Gasteiger partial charge on any atom is 0.510 e. The van der Waals surface area contributed by atoms with Crippen LogP contribution in [0.5, 0.6) is 0 Å². The van der Waals surface area contributed by atoms with Crippen LogP contribution in [0.3, 0.4) is 0 Å². The Morgan fingerprint density at radius 2 is 2.22 bits per heavy atom. The zero-order valence-electron chi connectivity index (χ0n) is 11.3. The van der Waals surface area contributed by atoms with Crippen molar-refractivity contribution in [3.63, 3.8) is 0 Å². The van der Waals surface area contributed by atoms with Gasteiger partial charge in [-0.1, -0.05) is 13.3 Å². The molecule has 106 valence electrons. The zero-order valence-corrected chi connectivity index (χ0v) is 11.3. The van der Waals surface area contributed by atoms with Crippen molar-refractivity contribution in [3.05, 3.63) is 0 Å². The highest BCUT2D eigenvalue weighted by Gasteiger charge is 2.38. The van der Waals surface area contributed by atoms with Crippen molar-refractivity contribution in [2.75, 3.05) is 13.2 Å². The minimum absolute atomic E-state index is 0.0373. The van der Waals surface area contributed by atoms with Gasteiger partial charge in [-0.2, -0.15) is 0 Å². The van der Waals surface area contributed by atoms with E-state index >= 15 is 0 Å². The standard InChI is InChI=1S/C13H24O5/c1-3-5-9-17-11-7-6-8-13(15,10-11)18-12(14)16-4-2/h11,15H,3-10H2,1-2H3. The van der Waals surface area contributed by atoms with E-state index in [0.717, 1.165) is 25.7 Å². The number of aliphatic hydroxyl groups is 1. The summed E-state index contributed by atoms with van der Waals surface area (Å²) in [7, 11) is 0. The maximum absolute atomic E-state index is 11.2. The molecule has 0 aromatic carbocycles. The summed E-state index contributed by atoms with van der Waals surface area (Å²) >= 11 is 0. The lowest BCUT2D eigenvalue weighted by Crippen LogP contribution is -2.42. The molecule has 1 aliphatic carbocycles. The van der Waals surface area contributed by atoms with Crippen LogP contribution in [0.15, 0.2) is 0 Å². The fourth-order valence-electron chi connectivity index (χ4n) is 2.10. The van der Waals surface area contributed by atoms with Gasteiger partial charge in [0, 0.05) is 19.4 Å². The molecule has 0 aromatic heterocycles. The van der Waals surface area contributed by atoms with Crippen molar-refractivity contribution in [2.24, 2.45) is 0 Å². The first kappa shape index (κ1) is 15.2. The molecule has 1 aliphatic rings. The summed E-state index contributed by atoms with van der Waals surface area (Å²) in [4.78, 5) is 11.2. The molecule has 0 aliphatic heterocycles. The number of hydrogen-bond acceptors (Lipinski definition) is 5. The molecule has 0 amide bonds. The van der Waals surface area contributed by atoms with Crippen LogP contribution in [0.25, 0.3) is 0 Å². The van der Waals surface area contributed by atoms with E-state index in [1.165, 1.54) is 0 Å². The summed E-state index contributed by atoms with van der Waals surface area (Å²) in [5, 5.41) is 10.2. The molecule has 18 heavy (non-hydrogen) atoms. The summed E-state index contributed by atoms with van der Waals surface area (Å²) in [5.74, 6) is -1.43. The van der Waals surface area contributed by atoms with Gasteiger partial charge in [0.05, 0.1) is 12.7 Å². The SMILES string of the molecule is CCCCOC1CCCC(O)(OC(=O)OCC)C1. The van der Waals surface area contributed by atoms with Gasteiger partial charge in [0.2, 0.25) is 5.79 Å². The van der Waals surface area contributed by atoms with Crippen LogP contribution < -0.4 is 0 Å². The first-order chi connectivity index (χ1) is 8.59. The Labute approximate surface area is 108 Å². The van der Waals surface area contributed by atoms with E-state index in [1.54, 1.807) is 6.92 Å². The molecule has 1 saturated carbocycles. The summed E-state index contributed by atoms with van der Waals surface area (Å²) < 4.78 is 15.3. The third-order valence-corrected chi connectivity index (χ3v) is 3.03. The number of hydrogen-bond donors (Lipinski definition) is 1. The third kappa shape index (κ3) is 5.23. The highest BCUT2D eigenvalue weighted by molar-refractivity contribution is 5.60. The Kier molecular flexibility index (Phi) is 6.43. The summed E-state index contributed by atoms with van der Waals surface area (Å²) in [6, 6.07) is 0.